The zero-order valence-corrected chi connectivity index (χ0v) is 20.7. The third kappa shape index (κ3) is 6.48. The molecule has 2 heterocycles. The van der Waals surface area contributed by atoms with Crippen molar-refractivity contribution in [3.63, 3.8) is 0 Å². The summed E-state index contributed by atoms with van der Waals surface area (Å²) in [6.45, 7) is 5.12. The third-order valence-corrected chi connectivity index (χ3v) is 6.75. The Kier molecular flexibility index (Phi) is 7.87. The Bertz CT molecular complexity index is 1250. The molecular weight excluding hydrogens is 472 g/mol. The van der Waals surface area contributed by atoms with Gasteiger partial charge >= 0.3 is 6.03 Å². The second kappa shape index (κ2) is 11.8. The quantitative estimate of drug-likeness (QED) is 0.318. The number of ether oxygens (including phenoxy) is 2. The Labute approximate surface area is 214 Å². The van der Waals surface area contributed by atoms with Crippen LogP contribution < -0.4 is 15.4 Å². The summed E-state index contributed by atoms with van der Waals surface area (Å²) < 4.78 is 11.3. The molecule has 5 rings (SSSR count). The summed E-state index contributed by atoms with van der Waals surface area (Å²) in [4.78, 5) is 19.4. The van der Waals surface area contributed by atoms with E-state index in [-0.39, 0.29) is 6.03 Å². The zero-order valence-electron chi connectivity index (χ0n) is 19.9. The lowest BCUT2D eigenvalue weighted by Gasteiger charge is -2.26. The van der Waals surface area contributed by atoms with Crippen molar-refractivity contribution < 1.29 is 14.3 Å². The molecule has 1 aromatic heterocycles. The lowest BCUT2D eigenvalue weighted by Crippen LogP contribution is -2.38. The first-order chi connectivity index (χ1) is 17.7. The van der Waals surface area contributed by atoms with Crippen molar-refractivity contribution in [2.45, 2.75) is 0 Å². The lowest BCUT2D eigenvalue weighted by molar-refractivity contribution is 0.0322. The number of nitrogens with zero attached hydrogens (tertiary/aromatic N) is 2. The summed E-state index contributed by atoms with van der Waals surface area (Å²) in [5, 5.41) is 8.66. The van der Waals surface area contributed by atoms with Gasteiger partial charge in [-0.1, -0.05) is 30.3 Å². The predicted molar refractivity (Wildman–Crippen MR) is 145 cm³/mol. The molecular formula is C28H28N4O3S. The predicted octanol–water partition coefficient (Wildman–Crippen LogP) is 5.83. The lowest BCUT2D eigenvalue weighted by atomic mass is 10.1. The summed E-state index contributed by atoms with van der Waals surface area (Å²) in [6.07, 6.45) is 0. The molecule has 0 atom stereocenters. The number of amides is 2. The number of carbonyl (C=O) groups is 1. The average Bonchev–Trinajstić information content (AvgIpc) is 3.41. The second-order valence-corrected chi connectivity index (χ2v) is 9.25. The highest BCUT2D eigenvalue weighted by atomic mass is 32.1. The van der Waals surface area contributed by atoms with Gasteiger partial charge < -0.3 is 20.1 Å². The molecule has 1 saturated heterocycles. The van der Waals surface area contributed by atoms with Gasteiger partial charge in [0.15, 0.2) is 0 Å². The van der Waals surface area contributed by atoms with Crippen LogP contribution in [0.1, 0.15) is 0 Å². The Morgan fingerprint density at radius 3 is 2.28 bits per heavy atom. The van der Waals surface area contributed by atoms with Gasteiger partial charge in [-0.05, 0) is 48.5 Å². The minimum atomic E-state index is -0.279. The molecule has 0 spiro atoms. The van der Waals surface area contributed by atoms with Gasteiger partial charge in [0.25, 0.3) is 0 Å². The van der Waals surface area contributed by atoms with Gasteiger partial charge in [-0.25, -0.2) is 9.78 Å². The first-order valence-corrected chi connectivity index (χ1v) is 12.8. The van der Waals surface area contributed by atoms with Crippen LogP contribution >= 0.6 is 11.3 Å². The Morgan fingerprint density at radius 2 is 1.56 bits per heavy atom. The molecule has 7 nitrogen and oxygen atoms in total. The SMILES string of the molecule is O=C(Nc1ccccc1)Nc1ccc(-c2csc(-c3ccc(OCCN4CCOCC4)cc3)n2)cc1. The number of anilines is 2. The van der Waals surface area contributed by atoms with E-state index in [2.05, 4.69) is 15.5 Å². The molecule has 36 heavy (non-hydrogen) atoms. The maximum absolute atomic E-state index is 12.2. The number of benzene rings is 3. The molecule has 3 aromatic carbocycles. The van der Waals surface area contributed by atoms with Crippen molar-refractivity contribution in [2.75, 3.05) is 50.1 Å². The van der Waals surface area contributed by atoms with E-state index >= 15 is 0 Å². The fourth-order valence-electron chi connectivity index (χ4n) is 3.89. The summed E-state index contributed by atoms with van der Waals surface area (Å²) in [7, 11) is 0. The minimum Gasteiger partial charge on any atom is -0.492 e. The zero-order chi connectivity index (χ0) is 24.6. The maximum Gasteiger partial charge on any atom is 0.323 e. The highest BCUT2D eigenvalue weighted by Gasteiger charge is 2.11. The van der Waals surface area contributed by atoms with Crippen molar-refractivity contribution in [3.8, 4) is 27.6 Å². The molecule has 1 fully saturated rings. The highest BCUT2D eigenvalue weighted by molar-refractivity contribution is 7.13. The van der Waals surface area contributed by atoms with Gasteiger partial charge in [0.2, 0.25) is 0 Å². The molecule has 1 aliphatic rings. The number of hydrogen-bond acceptors (Lipinski definition) is 6. The molecule has 0 aliphatic carbocycles. The van der Waals surface area contributed by atoms with Crippen LogP contribution in [0.3, 0.4) is 0 Å². The molecule has 2 N–H and O–H groups in total. The van der Waals surface area contributed by atoms with Crippen molar-refractivity contribution in [1.29, 1.82) is 0 Å². The number of urea groups is 1. The van der Waals surface area contributed by atoms with Gasteiger partial charge in [-0.2, -0.15) is 0 Å². The van der Waals surface area contributed by atoms with Gasteiger partial charge in [0.1, 0.15) is 17.4 Å². The van der Waals surface area contributed by atoms with Crippen LogP contribution in [0.4, 0.5) is 16.2 Å². The minimum absolute atomic E-state index is 0.279. The van der Waals surface area contributed by atoms with Crippen LogP contribution in [0.2, 0.25) is 0 Å². The van der Waals surface area contributed by atoms with E-state index < -0.39 is 0 Å². The van der Waals surface area contributed by atoms with E-state index in [0.29, 0.717) is 12.3 Å². The van der Waals surface area contributed by atoms with Crippen LogP contribution in [0.15, 0.2) is 84.2 Å². The highest BCUT2D eigenvalue weighted by Crippen LogP contribution is 2.30. The summed E-state index contributed by atoms with van der Waals surface area (Å²) >= 11 is 1.61. The van der Waals surface area contributed by atoms with Crippen molar-refractivity contribution >= 4 is 28.7 Å². The summed E-state index contributed by atoms with van der Waals surface area (Å²) in [5.41, 5.74) is 4.42. The van der Waals surface area contributed by atoms with E-state index in [0.717, 1.165) is 66.1 Å². The molecule has 0 bridgehead atoms. The van der Waals surface area contributed by atoms with Crippen LogP contribution in [0.5, 0.6) is 5.75 Å². The van der Waals surface area contributed by atoms with Gasteiger partial charge in [0, 0.05) is 47.5 Å². The second-order valence-electron chi connectivity index (χ2n) is 8.39. The molecule has 184 valence electrons. The van der Waals surface area contributed by atoms with Crippen LogP contribution in [0.25, 0.3) is 21.8 Å². The fraction of sp³-hybridized carbons (Fsp3) is 0.214. The molecule has 2 amide bonds. The number of thiazole rings is 1. The van der Waals surface area contributed by atoms with Crippen LogP contribution in [0, 0.1) is 0 Å². The number of para-hydroxylation sites is 1. The number of morpholine rings is 1. The molecule has 0 saturated carbocycles. The fourth-order valence-corrected chi connectivity index (χ4v) is 4.72. The maximum atomic E-state index is 12.2. The van der Waals surface area contributed by atoms with E-state index in [1.165, 1.54) is 0 Å². The largest absolute Gasteiger partial charge is 0.492 e. The normalized spacial score (nSPS) is 13.8. The number of nitrogens with one attached hydrogen (secondary N) is 2. The van der Waals surface area contributed by atoms with Gasteiger partial charge in [-0.15, -0.1) is 11.3 Å². The standard InChI is InChI=1S/C28H28N4O3S/c33-28(29-23-4-2-1-3-5-23)30-24-10-6-21(7-11-24)26-20-36-27(31-26)22-8-12-25(13-9-22)35-19-16-32-14-17-34-18-15-32/h1-13,20H,14-19H2,(H2,29,30,33). The number of hydrogen-bond donors (Lipinski definition) is 2. The Morgan fingerprint density at radius 1 is 0.889 bits per heavy atom. The summed E-state index contributed by atoms with van der Waals surface area (Å²) in [5.74, 6) is 0.864. The number of carbonyl (C=O) groups excluding carboxylic acids is 1. The topological polar surface area (TPSA) is 75.7 Å². The van der Waals surface area contributed by atoms with Crippen LogP contribution in [-0.4, -0.2) is 55.4 Å². The Hall–Kier alpha value is -3.72. The average molecular weight is 501 g/mol. The van der Waals surface area contributed by atoms with Crippen molar-refractivity contribution in [3.05, 3.63) is 84.2 Å². The monoisotopic (exact) mass is 500 g/mol. The molecule has 0 radical (unpaired) electrons. The number of rotatable bonds is 8. The smallest absolute Gasteiger partial charge is 0.323 e. The first kappa shape index (κ1) is 24.0. The third-order valence-electron chi connectivity index (χ3n) is 5.86. The van der Waals surface area contributed by atoms with E-state index in [1.54, 1.807) is 11.3 Å². The molecule has 4 aromatic rings. The van der Waals surface area contributed by atoms with Gasteiger partial charge in [-0.3, -0.25) is 4.90 Å². The molecule has 0 unspecified atom stereocenters. The first-order valence-electron chi connectivity index (χ1n) is 12.0. The van der Waals surface area contributed by atoms with E-state index in [4.69, 9.17) is 14.5 Å². The van der Waals surface area contributed by atoms with Gasteiger partial charge in [0.05, 0.1) is 18.9 Å². The van der Waals surface area contributed by atoms with Crippen LogP contribution in [-0.2, 0) is 4.74 Å². The van der Waals surface area contributed by atoms with Crippen molar-refractivity contribution in [2.24, 2.45) is 0 Å². The molecule has 1 aliphatic heterocycles. The van der Waals surface area contributed by atoms with E-state index in [1.807, 2.05) is 84.2 Å². The Balaban J connectivity index is 1.14. The van der Waals surface area contributed by atoms with Crippen molar-refractivity contribution in [1.82, 2.24) is 9.88 Å². The van der Waals surface area contributed by atoms with E-state index in [9.17, 15) is 4.79 Å². The number of aromatic nitrogens is 1. The summed E-state index contributed by atoms with van der Waals surface area (Å²) in [6, 6.07) is 24.8. The molecule has 8 heteroatoms.